The van der Waals surface area contributed by atoms with Crippen molar-refractivity contribution in [3.8, 4) is 23.7 Å². The zero-order valence-electron chi connectivity index (χ0n) is 19.1. The molecule has 0 aliphatic carbocycles. The van der Waals surface area contributed by atoms with E-state index in [1.165, 1.54) is 6.21 Å². The normalized spacial score (nSPS) is 16.9. The van der Waals surface area contributed by atoms with Gasteiger partial charge >= 0.3 is 0 Å². The lowest BCUT2D eigenvalue weighted by atomic mass is 10.1. The number of likely N-dealkylation sites (tertiary alicyclic amines) is 1. The van der Waals surface area contributed by atoms with Gasteiger partial charge in [-0.1, -0.05) is 11.8 Å². The number of rotatable bonds is 5. The Hall–Kier alpha value is -4.33. The average Bonchev–Trinajstić information content (AvgIpc) is 3.37. The number of aliphatic hydroxyl groups excluding tert-OH is 2. The van der Waals surface area contributed by atoms with E-state index in [-0.39, 0.29) is 43.1 Å². The molecule has 35 heavy (non-hydrogen) atoms. The molecule has 3 N–H and O–H groups in total. The number of allylic oxidation sites excluding steroid dienone is 1. The van der Waals surface area contributed by atoms with Gasteiger partial charge in [-0.15, -0.1) is 0 Å². The number of carbonyl (C=O) groups is 2. The van der Waals surface area contributed by atoms with Crippen molar-refractivity contribution in [2.24, 2.45) is 4.99 Å². The maximum atomic E-state index is 12.6. The minimum Gasteiger partial charge on any atom is -0.503 e. The summed E-state index contributed by atoms with van der Waals surface area (Å²) in [5, 5.41) is 22.3. The first kappa shape index (κ1) is 23.8. The third-order valence-corrected chi connectivity index (χ3v) is 5.86. The van der Waals surface area contributed by atoms with Crippen LogP contribution in [0.1, 0.15) is 40.7 Å². The molecule has 176 valence electrons. The van der Waals surface area contributed by atoms with Crippen LogP contribution in [-0.2, 0) is 4.79 Å². The molecule has 0 radical (unpaired) electrons. The molecule has 4 rings (SSSR count). The second-order valence-electron chi connectivity index (χ2n) is 8.22. The van der Waals surface area contributed by atoms with Crippen molar-refractivity contribution in [3.63, 3.8) is 0 Å². The van der Waals surface area contributed by atoms with Gasteiger partial charge < -0.3 is 20.4 Å². The number of carbonyl (C=O) groups excluding carboxylic acids is 2. The number of hydrogen-bond donors (Lipinski definition) is 3. The molecule has 7 nitrogen and oxygen atoms in total. The van der Waals surface area contributed by atoms with Crippen molar-refractivity contribution in [1.82, 2.24) is 4.90 Å². The molecule has 2 heterocycles. The number of anilines is 1. The number of Topliss-reactive ketones (excluding diaryl/α,β-unsaturated/α-hetero) is 1. The Morgan fingerprint density at radius 1 is 1.06 bits per heavy atom. The number of aliphatic imine (C=N–C) groups is 1. The van der Waals surface area contributed by atoms with Gasteiger partial charge in [-0.05, 0) is 73.2 Å². The summed E-state index contributed by atoms with van der Waals surface area (Å²) in [6, 6.07) is 14.4. The highest BCUT2D eigenvalue weighted by Crippen LogP contribution is 2.20. The van der Waals surface area contributed by atoms with Crippen LogP contribution in [0.3, 0.4) is 0 Å². The molecule has 0 saturated carbocycles. The van der Waals surface area contributed by atoms with E-state index in [4.69, 9.17) is 0 Å². The van der Waals surface area contributed by atoms with Gasteiger partial charge in [0.15, 0.2) is 5.76 Å². The van der Waals surface area contributed by atoms with Crippen LogP contribution >= 0.6 is 0 Å². The van der Waals surface area contributed by atoms with E-state index in [9.17, 15) is 19.8 Å². The van der Waals surface area contributed by atoms with Crippen LogP contribution < -0.4 is 5.32 Å². The first-order valence-electron chi connectivity index (χ1n) is 11.4. The van der Waals surface area contributed by atoms with Crippen LogP contribution in [0.4, 0.5) is 5.69 Å². The monoisotopic (exact) mass is 467 g/mol. The van der Waals surface area contributed by atoms with Gasteiger partial charge in [-0.2, -0.15) is 0 Å². The quantitative estimate of drug-likeness (QED) is 0.587. The first-order chi connectivity index (χ1) is 17.0. The van der Waals surface area contributed by atoms with E-state index in [2.05, 4.69) is 34.0 Å². The molecule has 1 amide bonds. The fourth-order valence-corrected chi connectivity index (χ4v) is 3.91. The molecule has 2 aromatic carbocycles. The molecule has 2 aromatic rings. The molecule has 0 bridgehead atoms. The van der Waals surface area contributed by atoms with Crippen LogP contribution in [0.2, 0.25) is 0 Å². The lowest BCUT2D eigenvalue weighted by Crippen LogP contribution is -2.37. The minimum absolute atomic E-state index is 0.00667. The van der Waals surface area contributed by atoms with Gasteiger partial charge in [-0.25, -0.2) is 0 Å². The third-order valence-electron chi connectivity index (χ3n) is 5.86. The zero-order valence-corrected chi connectivity index (χ0v) is 19.1. The maximum absolute atomic E-state index is 12.6. The molecule has 1 fully saturated rings. The summed E-state index contributed by atoms with van der Waals surface area (Å²) in [6.45, 7) is 0.914. The lowest BCUT2D eigenvalue weighted by molar-refractivity contribution is -0.117. The summed E-state index contributed by atoms with van der Waals surface area (Å²) in [5.74, 6) is 10.9. The molecule has 2 aliphatic heterocycles. The Morgan fingerprint density at radius 3 is 2.37 bits per heavy atom. The predicted octanol–water partition coefficient (Wildman–Crippen LogP) is 2.91. The highest BCUT2D eigenvalue weighted by atomic mass is 16.3. The minimum atomic E-state index is -0.328. The SMILES string of the molecule is O=C1CC=NC(CNc2ccc(C#CC#Cc3ccc(C(=O)N4CCC[C@H]4CO)cc3)cc2)=C1O. The van der Waals surface area contributed by atoms with Gasteiger partial charge in [-0.3, -0.25) is 14.6 Å². The second kappa shape index (κ2) is 11.2. The van der Waals surface area contributed by atoms with Crippen molar-refractivity contribution in [2.45, 2.75) is 25.3 Å². The highest BCUT2D eigenvalue weighted by molar-refractivity contribution is 6.04. The molecule has 2 aliphatic rings. The molecular weight excluding hydrogens is 442 g/mol. The van der Waals surface area contributed by atoms with Crippen molar-refractivity contribution in [1.29, 1.82) is 0 Å². The maximum Gasteiger partial charge on any atom is 0.254 e. The molecule has 0 unspecified atom stereocenters. The van der Waals surface area contributed by atoms with Crippen molar-refractivity contribution in [3.05, 3.63) is 76.7 Å². The number of amides is 1. The molecular formula is C28H25N3O4. The number of ketones is 1. The van der Waals surface area contributed by atoms with Crippen LogP contribution in [0.25, 0.3) is 0 Å². The predicted molar refractivity (Wildman–Crippen MR) is 134 cm³/mol. The number of nitrogens with zero attached hydrogens (tertiary/aromatic N) is 2. The van der Waals surface area contributed by atoms with Gasteiger partial charge in [0.25, 0.3) is 5.91 Å². The van der Waals surface area contributed by atoms with Crippen molar-refractivity contribution < 1.29 is 19.8 Å². The zero-order chi connectivity index (χ0) is 24.6. The van der Waals surface area contributed by atoms with E-state index < -0.39 is 0 Å². The summed E-state index contributed by atoms with van der Waals surface area (Å²) < 4.78 is 0. The Morgan fingerprint density at radius 2 is 1.71 bits per heavy atom. The van der Waals surface area contributed by atoms with Crippen molar-refractivity contribution in [2.75, 3.05) is 25.0 Å². The smallest absolute Gasteiger partial charge is 0.254 e. The standard InChI is InChI=1S/C28H25N3O4/c32-19-24-6-3-17-31(24)28(35)22-11-7-20(8-12-22)4-1-2-5-21-9-13-23(14-10-21)30-18-25-27(34)26(33)15-16-29-25/h7-14,16,24,30,32,34H,3,6,15,17-19H2/t24-/m0/s1. The number of nitrogens with one attached hydrogen (secondary N) is 1. The van der Waals surface area contributed by atoms with Crippen molar-refractivity contribution >= 4 is 23.6 Å². The van der Waals surface area contributed by atoms with Gasteiger partial charge in [0.05, 0.1) is 19.2 Å². The summed E-state index contributed by atoms with van der Waals surface area (Å²) in [5.41, 5.74) is 3.27. The van der Waals surface area contributed by atoms with E-state index in [1.807, 2.05) is 24.3 Å². The van der Waals surface area contributed by atoms with Crippen LogP contribution in [0, 0.1) is 23.7 Å². The average molecular weight is 468 g/mol. The molecule has 1 atom stereocenters. The van der Waals surface area contributed by atoms with E-state index in [0.29, 0.717) is 17.8 Å². The Balaban J connectivity index is 1.31. The lowest BCUT2D eigenvalue weighted by Gasteiger charge is -2.23. The van der Waals surface area contributed by atoms with Gasteiger partial charge in [0.2, 0.25) is 5.78 Å². The highest BCUT2D eigenvalue weighted by Gasteiger charge is 2.28. The topological polar surface area (TPSA) is 102 Å². The number of aliphatic hydroxyl groups is 2. The van der Waals surface area contributed by atoms with Crippen LogP contribution in [0.5, 0.6) is 0 Å². The van der Waals surface area contributed by atoms with Gasteiger partial charge in [0.1, 0.15) is 5.70 Å². The fraction of sp³-hybridized carbons (Fsp3) is 0.250. The van der Waals surface area contributed by atoms with Crippen LogP contribution in [-0.4, -0.2) is 58.8 Å². The van der Waals surface area contributed by atoms with E-state index in [1.54, 1.807) is 29.2 Å². The molecule has 0 aromatic heterocycles. The largest absolute Gasteiger partial charge is 0.503 e. The number of hydrogen-bond acceptors (Lipinski definition) is 6. The summed E-state index contributed by atoms with van der Waals surface area (Å²) in [6.07, 6.45) is 3.37. The van der Waals surface area contributed by atoms with Gasteiger partial charge in [0, 0.05) is 41.6 Å². The first-order valence-corrected chi connectivity index (χ1v) is 11.4. The van der Waals surface area contributed by atoms with Crippen LogP contribution in [0.15, 0.2) is 65.0 Å². The van der Waals surface area contributed by atoms with E-state index >= 15 is 0 Å². The number of benzene rings is 2. The second-order valence-corrected chi connectivity index (χ2v) is 8.22. The summed E-state index contributed by atoms with van der Waals surface area (Å²) in [7, 11) is 0. The Kier molecular flexibility index (Phi) is 7.62. The summed E-state index contributed by atoms with van der Waals surface area (Å²) in [4.78, 5) is 29.9. The molecule has 0 spiro atoms. The Bertz CT molecular complexity index is 1290. The third kappa shape index (κ3) is 5.97. The summed E-state index contributed by atoms with van der Waals surface area (Å²) >= 11 is 0. The fourth-order valence-electron chi connectivity index (χ4n) is 3.91. The molecule has 7 heteroatoms. The molecule has 1 saturated heterocycles. The Labute approximate surface area is 204 Å². The van der Waals surface area contributed by atoms with E-state index in [0.717, 1.165) is 29.7 Å².